The number of rotatable bonds is 1. The third-order valence-corrected chi connectivity index (χ3v) is 2.01. The van der Waals surface area contributed by atoms with Crippen molar-refractivity contribution in [2.75, 3.05) is 0 Å². The molecule has 0 aliphatic rings. The van der Waals surface area contributed by atoms with E-state index in [1.54, 1.807) is 0 Å². The fourth-order valence-electron chi connectivity index (χ4n) is 1.11. The Bertz CT molecular complexity index is 287. The Balaban J connectivity index is 3.31. The second-order valence-corrected chi connectivity index (χ2v) is 2.91. The molecule has 0 atom stereocenters. The van der Waals surface area contributed by atoms with Crippen LogP contribution in [0.25, 0.3) is 0 Å². The highest BCUT2D eigenvalue weighted by atomic mass is 16.1. The number of hydrogen-bond acceptors (Lipinski definition) is 1. The first-order chi connectivity index (χ1) is 5.15. The highest BCUT2D eigenvalue weighted by molar-refractivity contribution is 5.77. The van der Waals surface area contributed by atoms with Crippen LogP contribution in [0.2, 0.25) is 0 Å². The molecule has 0 aromatic heterocycles. The second kappa shape index (κ2) is 2.87. The van der Waals surface area contributed by atoms with Gasteiger partial charge in [-0.2, -0.15) is 0 Å². The van der Waals surface area contributed by atoms with Crippen LogP contribution >= 0.6 is 0 Å². The Morgan fingerprint density at radius 2 is 1.55 bits per heavy atom. The van der Waals surface area contributed by atoms with Crippen LogP contribution in [0, 0.1) is 20.8 Å². The molecule has 0 heterocycles. The van der Waals surface area contributed by atoms with E-state index in [0.29, 0.717) is 0 Å². The lowest BCUT2D eigenvalue weighted by Gasteiger charge is -2.03. The fraction of sp³-hybridized carbons (Fsp3) is 0.300. The van der Waals surface area contributed by atoms with Crippen LogP contribution in [-0.2, 0) is 0 Å². The van der Waals surface area contributed by atoms with Gasteiger partial charge in [0.2, 0.25) is 0 Å². The van der Waals surface area contributed by atoms with Crippen molar-refractivity contribution in [3.63, 3.8) is 0 Å². The Hall–Kier alpha value is -1.11. The summed E-state index contributed by atoms with van der Waals surface area (Å²) in [6, 6.07) is 3.97. The Labute approximate surface area is 67.1 Å². The van der Waals surface area contributed by atoms with Gasteiger partial charge in [-0.15, -0.1) is 0 Å². The van der Waals surface area contributed by atoms with E-state index in [1.165, 1.54) is 11.1 Å². The molecule has 0 saturated carbocycles. The molecule has 11 heavy (non-hydrogen) atoms. The van der Waals surface area contributed by atoms with Gasteiger partial charge >= 0.3 is 0 Å². The normalized spacial score (nSPS) is 9.73. The maximum atomic E-state index is 10.5. The van der Waals surface area contributed by atoms with Crippen LogP contribution in [-0.4, -0.2) is 6.29 Å². The molecule has 0 radical (unpaired) electrons. The zero-order valence-corrected chi connectivity index (χ0v) is 7.14. The van der Waals surface area contributed by atoms with Crippen LogP contribution in [0.4, 0.5) is 0 Å². The average molecular weight is 148 g/mol. The van der Waals surface area contributed by atoms with Gasteiger partial charge in [-0.05, 0) is 43.5 Å². The molecule has 1 aromatic rings. The van der Waals surface area contributed by atoms with Gasteiger partial charge in [-0.3, -0.25) is 4.79 Å². The maximum Gasteiger partial charge on any atom is 0.150 e. The van der Waals surface area contributed by atoms with Gasteiger partial charge in [0.25, 0.3) is 0 Å². The van der Waals surface area contributed by atoms with Gasteiger partial charge in [-0.25, -0.2) is 0 Å². The van der Waals surface area contributed by atoms with Gasteiger partial charge < -0.3 is 0 Å². The number of carbonyl (C=O) groups is 1. The third-order valence-electron chi connectivity index (χ3n) is 2.01. The molecule has 0 aliphatic carbocycles. The molecule has 0 unspecified atom stereocenters. The summed E-state index contributed by atoms with van der Waals surface area (Å²) in [6.45, 7) is 6.02. The molecule has 0 aliphatic heterocycles. The zero-order valence-electron chi connectivity index (χ0n) is 7.14. The van der Waals surface area contributed by atoms with Gasteiger partial charge in [0.05, 0.1) is 0 Å². The van der Waals surface area contributed by atoms with Crippen molar-refractivity contribution < 1.29 is 4.79 Å². The molecule has 1 aromatic carbocycles. The predicted octanol–water partition coefficient (Wildman–Crippen LogP) is 2.42. The Kier molecular flexibility index (Phi) is 2.08. The summed E-state index contributed by atoms with van der Waals surface area (Å²) < 4.78 is 0. The minimum atomic E-state index is 0.799. The molecule has 0 spiro atoms. The van der Waals surface area contributed by atoms with E-state index in [1.807, 2.05) is 26.0 Å². The molecule has 58 valence electrons. The molecule has 1 nitrogen and oxygen atoms in total. The number of carbonyl (C=O) groups excluding carboxylic acids is 1. The highest BCUT2D eigenvalue weighted by Gasteiger charge is 1.98. The predicted molar refractivity (Wildman–Crippen MR) is 46.0 cm³/mol. The average Bonchev–Trinajstić information content (AvgIpc) is 1.97. The second-order valence-electron chi connectivity index (χ2n) is 2.91. The summed E-state index contributed by atoms with van der Waals surface area (Å²) >= 11 is 0. The molecule has 0 amide bonds. The van der Waals surface area contributed by atoms with Crippen molar-refractivity contribution in [1.29, 1.82) is 0 Å². The summed E-state index contributed by atoms with van der Waals surface area (Å²) in [5.74, 6) is 0. The van der Waals surface area contributed by atoms with Crippen molar-refractivity contribution in [2.24, 2.45) is 0 Å². The molecule has 0 N–H and O–H groups in total. The van der Waals surface area contributed by atoms with Crippen molar-refractivity contribution >= 4 is 6.29 Å². The number of aryl methyl sites for hydroxylation is 3. The SMILES string of the molecule is Cc1cc(C)c(C=O)cc1C. The molecular formula is C10H12O. The van der Waals surface area contributed by atoms with Gasteiger partial charge in [-0.1, -0.05) is 6.07 Å². The van der Waals surface area contributed by atoms with Crippen LogP contribution in [0.1, 0.15) is 27.0 Å². The summed E-state index contributed by atoms with van der Waals surface area (Å²) in [7, 11) is 0. The lowest BCUT2D eigenvalue weighted by atomic mass is 10.0. The molecule has 1 heteroatoms. The van der Waals surface area contributed by atoms with Gasteiger partial charge in [0.1, 0.15) is 6.29 Å². The molecule has 0 bridgehead atoms. The minimum Gasteiger partial charge on any atom is -0.298 e. The summed E-state index contributed by atoms with van der Waals surface area (Å²) in [5, 5.41) is 0. The third kappa shape index (κ3) is 1.48. The van der Waals surface area contributed by atoms with Crippen molar-refractivity contribution in [2.45, 2.75) is 20.8 Å². The Morgan fingerprint density at radius 1 is 1.00 bits per heavy atom. The highest BCUT2D eigenvalue weighted by Crippen LogP contribution is 2.12. The van der Waals surface area contributed by atoms with Crippen molar-refractivity contribution in [3.8, 4) is 0 Å². The lowest BCUT2D eigenvalue weighted by molar-refractivity contribution is 0.112. The van der Waals surface area contributed by atoms with Crippen LogP contribution < -0.4 is 0 Å². The molecular weight excluding hydrogens is 136 g/mol. The van der Waals surface area contributed by atoms with E-state index >= 15 is 0 Å². The smallest absolute Gasteiger partial charge is 0.150 e. The standard InChI is InChI=1S/C10H12O/c1-7-4-9(3)10(6-11)5-8(7)2/h4-6H,1-3H3. The van der Waals surface area contributed by atoms with E-state index < -0.39 is 0 Å². The lowest BCUT2D eigenvalue weighted by Crippen LogP contribution is -1.90. The quantitative estimate of drug-likeness (QED) is 0.559. The van der Waals surface area contributed by atoms with Crippen LogP contribution in [0.5, 0.6) is 0 Å². The first kappa shape index (κ1) is 7.99. The molecule has 0 fully saturated rings. The summed E-state index contributed by atoms with van der Waals surface area (Å²) in [6.07, 6.45) is 0.905. The number of benzene rings is 1. The van der Waals surface area contributed by atoms with Crippen molar-refractivity contribution in [3.05, 3.63) is 34.4 Å². The van der Waals surface area contributed by atoms with Crippen molar-refractivity contribution in [1.82, 2.24) is 0 Å². The molecule has 0 saturated heterocycles. The van der Waals surface area contributed by atoms with Crippen LogP contribution in [0.3, 0.4) is 0 Å². The van der Waals surface area contributed by atoms with Gasteiger partial charge in [0.15, 0.2) is 0 Å². The van der Waals surface area contributed by atoms with E-state index in [-0.39, 0.29) is 0 Å². The van der Waals surface area contributed by atoms with E-state index in [2.05, 4.69) is 6.92 Å². The first-order valence-electron chi connectivity index (χ1n) is 3.68. The number of hydrogen-bond donors (Lipinski definition) is 0. The fourth-order valence-corrected chi connectivity index (χ4v) is 1.11. The van der Waals surface area contributed by atoms with E-state index in [0.717, 1.165) is 17.4 Å². The first-order valence-corrected chi connectivity index (χ1v) is 3.68. The summed E-state index contributed by atoms with van der Waals surface area (Å²) in [5.41, 5.74) is 4.28. The summed E-state index contributed by atoms with van der Waals surface area (Å²) in [4.78, 5) is 10.5. The maximum absolute atomic E-state index is 10.5. The zero-order chi connectivity index (χ0) is 8.43. The molecule has 1 rings (SSSR count). The monoisotopic (exact) mass is 148 g/mol. The largest absolute Gasteiger partial charge is 0.298 e. The number of aldehydes is 1. The Morgan fingerprint density at radius 3 is 2.09 bits per heavy atom. The van der Waals surface area contributed by atoms with Crippen LogP contribution in [0.15, 0.2) is 12.1 Å². The van der Waals surface area contributed by atoms with E-state index in [9.17, 15) is 4.79 Å². The van der Waals surface area contributed by atoms with E-state index in [4.69, 9.17) is 0 Å². The van der Waals surface area contributed by atoms with Gasteiger partial charge in [0, 0.05) is 5.56 Å². The topological polar surface area (TPSA) is 17.1 Å². The minimum absolute atomic E-state index is 0.799.